The van der Waals surface area contributed by atoms with Gasteiger partial charge in [0.05, 0.1) is 12.6 Å². The van der Waals surface area contributed by atoms with E-state index in [0.29, 0.717) is 0 Å². The molecule has 0 aliphatic carbocycles. The number of nitrogens with two attached hydrogens (primary N) is 1. The summed E-state index contributed by atoms with van der Waals surface area (Å²) in [5, 5.41) is 7.60. The van der Waals surface area contributed by atoms with Gasteiger partial charge in [0.25, 0.3) is 0 Å². The number of imidazole rings is 1. The summed E-state index contributed by atoms with van der Waals surface area (Å²) in [7, 11) is 1.06. The molecule has 3 heterocycles. The Kier molecular flexibility index (Phi) is 5.50. The second kappa shape index (κ2) is 7.86. The molecule has 1 aliphatic rings. The normalized spacial score (nSPS) is 25.1. The van der Waals surface area contributed by atoms with E-state index >= 15 is 0 Å². The van der Waals surface area contributed by atoms with Crippen molar-refractivity contribution in [1.82, 2.24) is 15.0 Å². The Hall–Kier alpha value is -3.35. The van der Waals surface area contributed by atoms with Crippen LogP contribution in [0.3, 0.4) is 0 Å². The SMILES string of the molecule is COc1c([C@H]2[C@H](c3nc4c(C(=N)N)nc(F)cc4[nH]3)O[C@@](C)(C(F)(F)F)[C@H]2C)ccc(F)c1F. The van der Waals surface area contributed by atoms with Crippen LogP contribution >= 0.6 is 0 Å². The fourth-order valence-corrected chi connectivity index (χ4v) is 4.37. The maximum atomic E-state index is 14.5. The zero-order valence-corrected chi connectivity index (χ0v) is 18.0. The van der Waals surface area contributed by atoms with Gasteiger partial charge in [-0.05, 0) is 13.0 Å². The molecule has 4 atom stereocenters. The van der Waals surface area contributed by atoms with E-state index in [1.807, 2.05) is 0 Å². The summed E-state index contributed by atoms with van der Waals surface area (Å²) in [4.78, 5) is 10.4. The van der Waals surface area contributed by atoms with Gasteiger partial charge in [-0.2, -0.15) is 22.0 Å². The van der Waals surface area contributed by atoms with Gasteiger partial charge in [0.1, 0.15) is 29.0 Å². The number of fused-ring (bicyclic) bond motifs is 1. The molecule has 7 nitrogen and oxygen atoms in total. The van der Waals surface area contributed by atoms with Crippen molar-refractivity contribution in [3.8, 4) is 5.75 Å². The van der Waals surface area contributed by atoms with Crippen molar-refractivity contribution in [3.63, 3.8) is 0 Å². The molecule has 4 rings (SSSR count). The Morgan fingerprint density at radius 1 is 1.24 bits per heavy atom. The number of pyridine rings is 1. The van der Waals surface area contributed by atoms with Crippen LogP contribution in [0.1, 0.15) is 43.0 Å². The third-order valence-corrected chi connectivity index (χ3v) is 6.29. The lowest BCUT2D eigenvalue weighted by Crippen LogP contribution is -2.46. The third kappa shape index (κ3) is 3.45. The Morgan fingerprint density at radius 2 is 1.91 bits per heavy atom. The highest BCUT2D eigenvalue weighted by Gasteiger charge is 2.65. The van der Waals surface area contributed by atoms with Crippen molar-refractivity contribution in [2.24, 2.45) is 11.7 Å². The van der Waals surface area contributed by atoms with Gasteiger partial charge in [-0.15, -0.1) is 0 Å². The molecule has 1 saturated heterocycles. The van der Waals surface area contributed by atoms with E-state index in [9.17, 15) is 26.3 Å². The van der Waals surface area contributed by atoms with E-state index in [1.54, 1.807) is 0 Å². The summed E-state index contributed by atoms with van der Waals surface area (Å²) < 4.78 is 95.0. The molecule has 0 bridgehead atoms. The number of nitrogen functional groups attached to an aromatic ring is 1. The van der Waals surface area contributed by atoms with Gasteiger partial charge in [0.15, 0.2) is 17.2 Å². The van der Waals surface area contributed by atoms with Crippen LogP contribution in [-0.4, -0.2) is 39.7 Å². The fraction of sp³-hybridized carbons (Fsp3) is 0.381. The first-order valence-corrected chi connectivity index (χ1v) is 9.97. The van der Waals surface area contributed by atoms with Crippen LogP contribution in [-0.2, 0) is 4.74 Å². The smallest absolute Gasteiger partial charge is 0.417 e. The number of alkyl halides is 3. The standard InChI is InChI=1S/C21H19F6N5O2/c1-7-12(8-4-5-9(22)13(24)16(8)33-3)17(34-20(7,2)21(25,26)27)19-30-10-6-11(23)31-15(18(28)29)14(10)32-19/h4-7,12,17H,1-3H3,(H3,28,29)(H,30,32)/t7-,12-,17+,20+/m0/s1. The Labute approximate surface area is 188 Å². The number of amidine groups is 1. The topological polar surface area (TPSA) is 110 Å². The van der Waals surface area contributed by atoms with Crippen LogP contribution in [0.5, 0.6) is 5.75 Å². The molecule has 4 N–H and O–H groups in total. The highest BCUT2D eigenvalue weighted by molar-refractivity contribution is 6.03. The highest BCUT2D eigenvalue weighted by Crippen LogP contribution is 2.59. The molecule has 182 valence electrons. The largest absolute Gasteiger partial charge is 0.493 e. The molecule has 34 heavy (non-hydrogen) atoms. The van der Waals surface area contributed by atoms with Gasteiger partial charge < -0.3 is 20.2 Å². The summed E-state index contributed by atoms with van der Waals surface area (Å²) in [5.74, 6) is -7.45. The van der Waals surface area contributed by atoms with Crippen LogP contribution in [0.15, 0.2) is 18.2 Å². The van der Waals surface area contributed by atoms with Crippen LogP contribution in [0, 0.1) is 28.9 Å². The predicted octanol–water partition coefficient (Wildman–Crippen LogP) is 4.48. The lowest BCUT2D eigenvalue weighted by Gasteiger charge is -2.32. The summed E-state index contributed by atoms with van der Waals surface area (Å²) in [5.41, 5.74) is 2.32. The fourth-order valence-electron chi connectivity index (χ4n) is 4.37. The van der Waals surface area contributed by atoms with Gasteiger partial charge in [0, 0.05) is 23.5 Å². The molecule has 2 aromatic heterocycles. The van der Waals surface area contributed by atoms with Crippen molar-refractivity contribution in [3.05, 3.63) is 52.9 Å². The van der Waals surface area contributed by atoms with Crippen molar-refractivity contribution in [2.45, 2.75) is 37.6 Å². The van der Waals surface area contributed by atoms with Gasteiger partial charge in [-0.1, -0.05) is 13.0 Å². The first-order chi connectivity index (χ1) is 15.8. The van der Waals surface area contributed by atoms with Crippen LogP contribution in [0.2, 0.25) is 0 Å². The van der Waals surface area contributed by atoms with Gasteiger partial charge in [-0.3, -0.25) is 5.41 Å². The molecule has 1 fully saturated rings. The number of H-pyrrole nitrogens is 1. The molecule has 0 saturated carbocycles. The van der Waals surface area contributed by atoms with E-state index in [1.165, 1.54) is 6.92 Å². The number of nitrogens with one attached hydrogen (secondary N) is 2. The Balaban J connectivity index is 1.96. The summed E-state index contributed by atoms with van der Waals surface area (Å²) in [6.45, 7) is 2.12. The first-order valence-electron chi connectivity index (χ1n) is 9.97. The third-order valence-electron chi connectivity index (χ3n) is 6.29. The van der Waals surface area contributed by atoms with Gasteiger partial charge >= 0.3 is 6.18 Å². The number of aromatic amines is 1. The van der Waals surface area contributed by atoms with Crippen molar-refractivity contribution < 1.29 is 35.8 Å². The quantitative estimate of drug-likeness (QED) is 0.218. The Morgan fingerprint density at radius 3 is 2.50 bits per heavy atom. The average Bonchev–Trinajstić information content (AvgIpc) is 3.28. The number of halogens is 6. The summed E-state index contributed by atoms with van der Waals surface area (Å²) in [6.07, 6.45) is -6.30. The van der Waals surface area contributed by atoms with Crippen molar-refractivity contribution in [1.29, 1.82) is 5.41 Å². The predicted molar refractivity (Wildman–Crippen MR) is 108 cm³/mol. The number of nitrogens with zero attached hydrogens (tertiary/aromatic N) is 2. The molecule has 0 spiro atoms. The van der Waals surface area contributed by atoms with E-state index in [2.05, 4.69) is 15.0 Å². The maximum absolute atomic E-state index is 14.5. The van der Waals surface area contributed by atoms with E-state index in [-0.39, 0.29) is 28.1 Å². The minimum Gasteiger partial charge on any atom is -0.493 e. The number of benzene rings is 1. The number of rotatable bonds is 4. The minimum atomic E-state index is -4.84. The molecule has 0 unspecified atom stereocenters. The number of ether oxygens (including phenoxy) is 2. The first kappa shape index (κ1) is 23.8. The van der Waals surface area contributed by atoms with E-state index in [0.717, 1.165) is 32.2 Å². The van der Waals surface area contributed by atoms with Crippen LogP contribution in [0.4, 0.5) is 26.3 Å². The van der Waals surface area contributed by atoms with Crippen molar-refractivity contribution in [2.75, 3.05) is 7.11 Å². The number of methoxy groups -OCH3 is 1. The van der Waals surface area contributed by atoms with Crippen LogP contribution in [0.25, 0.3) is 11.0 Å². The molecular weight excluding hydrogens is 468 g/mol. The van der Waals surface area contributed by atoms with Gasteiger partial charge in [0.2, 0.25) is 11.8 Å². The second-order valence-electron chi connectivity index (χ2n) is 8.17. The number of aromatic nitrogens is 3. The minimum absolute atomic E-state index is 0.0144. The maximum Gasteiger partial charge on any atom is 0.417 e. The van der Waals surface area contributed by atoms with Crippen molar-refractivity contribution >= 4 is 16.9 Å². The number of hydrogen-bond donors (Lipinski definition) is 3. The summed E-state index contributed by atoms with van der Waals surface area (Å²) in [6, 6.07) is 2.85. The molecule has 1 aliphatic heterocycles. The van der Waals surface area contributed by atoms with E-state index in [4.69, 9.17) is 20.6 Å². The van der Waals surface area contributed by atoms with Gasteiger partial charge in [-0.25, -0.2) is 14.4 Å². The average molecular weight is 487 g/mol. The molecule has 3 aromatic rings. The lowest BCUT2D eigenvalue weighted by molar-refractivity contribution is -0.275. The molecule has 0 amide bonds. The Bertz CT molecular complexity index is 1290. The zero-order chi connectivity index (χ0) is 25.2. The summed E-state index contributed by atoms with van der Waals surface area (Å²) >= 11 is 0. The number of hydrogen-bond acceptors (Lipinski definition) is 5. The molecule has 1 aromatic carbocycles. The van der Waals surface area contributed by atoms with E-state index < -0.39 is 58.9 Å². The zero-order valence-electron chi connectivity index (χ0n) is 18.0. The molecular formula is C21H19F6N5O2. The highest BCUT2D eigenvalue weighted by atomic mass is 19.4. The molecule has 13 heteroatoms. The second-order valence-corrected chi connectivity index (χ2v) is 8.17. The lowest BCUT2D eigenvalue weighted by atomic mass is 9.77. The molecule has 0 radical (unpaired) electrons. The monoisotopic (exact) mass is 487 g/mol. The van der Waals surface area contributed by atoms with Crippen LogP contribution < -0.4 is 10.5 Å².